The second-order valence-electron chi connectivity index (χ2n) is 4.70. The van der Waals surface area contributed by atoms with Crippen molar-refractivity contribution in [2.45, 2.75) is 39.2 Å². The molecule has 0 aliphatic rings. The number of carbonyl (C=O) groups is 2. The second kappa shape index (κ2) is 5.25. The minimum atomic E-state index is -0.233. The third-order valence-electron chi connectivity index (χ3n) is 1.89. The lowest BCUT2D eigenvalue weighted by Crippen LogP contribution is -2.40. The van der Waals surface area contributed by atoms with E-state index in [1.54, 1.807) is 6.07 Å². The Morgan fingerprint density at radius 2 is 2.00 bits per heavy atom. The molecule has 0 fully saturated rings. The number of hydrogen-bond donors (Lipinski definition) is 1. The Morgan fingerprint density at radius 3 is 2.50 bits per heavy atom. The van der Waals surface area contributed by atoms with Gasteiger partial charge in [-0.25, -0.2) is 0 Å². The van der Waals surface area contributed by atoms with Crippen molar-refractivity contribution in [2.24, 2.45) is 0 Å². The van der Waals surface area contributed by atoms with Crippen LogP contribution < -0.4 is 5.32 Å². The molecule has 0 spiro atoms. The lowest BCUT2D eigenvalue weighted by Gasteiger charge is -2.20. The number of hydrogen-bond acceptors (Lipinski definition) is 3. The Kier molecular flexibility index (Phi) is 4.24. The molecule has 1 aromatic rings. The first kappa shape index (κ1) is 12.9. The minimum absolute atomic E-state index is 0.0408. The molecule has 0 bridgehead atoms. The molecule has 3 nitrogen and oxygen atoms in total. The van der Waals surface area contributed by atoms with Crippen LogP contribution in [0.15, 0.2) is 17.5 Å². The maximum atomic E-state index is 11.6. The molecule has 0 radical (unpaired) electrons. The number of nitrogens with one attached hydrogen (secondary N) is 1. The summed E-state index contributed by atoms with van der Waals surface area (Å²) in [5.74, 6) is -0.0311. The van der Waals surface area contributed by atoms with E-state index in [9.17, 15) is 9.59 Å². The summed E-state index contributed by atoms with van der Waals surface area (Å²) in [5, 5.41) is 4.70. The van der Waals surface area contributed by atoms with Crippen molar-refractivity contribution in [1.29, 1.82) is 0 Å². The lowest BCUT2D eigenvalue weighted by molar-refractivity contribution is -0.122. The van der Waals surface area contributed by atoms with Crippen LogP contribution in [0.2, 0.25) is 0 Å². The SMILES string of the molecule is CC(C)(C)NC(=O)CCC(=O)c1cccs1. The van der Waals surface area contributed by atoms with Crippen molar-refractivity contribution in [3.8, 4) is 0 Å². The van der Waals surface area contributed by atoms with Gasteiger partial charge in [0, 0.05) is 18.4 Å². The molecule has 0 aromatic carbocycles. The third kappa shape index (κ3) is 4.57. The zero-order chi connectivity index (χ0) is 12.2. The van der Waals surface area contributed by atoms with Gasteiger partial charge in [-0.1, -0.05) is 6.07 Å². The lowest BCUT2D eigenvalue weighted by atomic mass is 10.1. The molecule has 1 rings (SSSR count). The second-order valence-corrected chi connectivity index (χ2v) is 5.65. The van der Waals surface area contributed by atoms with E-state index < -0.39 is 0 Å². The maximum absolute atomic E-state index is 11.6. The Morgan fingerprint density at radius 1 is 1.31 bits per heavy atom. The van der Waals surface area contributed by atoms with E-state index in [1.807, 2.05) is 32.2 Å². The smallest absolute Gasteiger partial charge is 0.220 e. The Balaban J connectivity index is 2.35. The van der Waals surface area contributed by atoms with Crippen molar-refractivity contribution >= 4 is 23.0 Å². The highest BCUT2D eigenvalue weighted by atomic mass is 32.1. The summed E-state index contributed by atoms with van der Waals surface area (Å²) < 4.78 is 0. The van der Waals surface area contributed by atoms with Gasteiger partial charge in [0.15, 0.2) is 5.78 Å². The van der Waals surface area contributed by atoms with E-state index >= 15 is 0 Å². The molecule has 1 aromatic heterocycles. The van der Waals surface area contributed by atoms with Crippen LogP contribution in [0.4, 0.5) is 0 Å². The van der Waals surface area contributed by atoms with Gasteiger partial charge in [-0.3, -0.25) is 9.59 Å². The molecular formula is C12H17NO2S. The Labute approximate surface area is 99.9 Å². The Hall–Kier alpha value is -1.16. The topological polar surface area (TPSA) is 46.2 Å². The average molecular weight is 239 g/mol. The molecule has 88 valence electrons. The van der Waals surface area contributed by atoms with Crippen molar-refractivity contribution < 1.29 is 9.59 Å². The number of carbonyl (C=O) groups excluding carboxylic acids is 2. The minimum Gasteiger partial charge on any atom is -0.351 e. The fourth-order valence-electron chi connectivity index (χ4n) is 1.27. The largest absolute Gasteiger partial charge is 0.351 e. The normalized spacial score (nSPS) is 11.2. The van der Waals surface area contributed by atoms with E-state index in [0.29, 0.717) is 0 Å². The number of ketones is 1. The van der Waals surface area contributed by atoms with Gasteiger partial charge in [0.25, 0.3) is 0 Å². The van der Waals surface area contributed by atoms with E-state index in [0.717, 1.165) is 4.88 Å². The van der Waals surface area contributed by atoms with E-state index in [1.165, 1.54) is 11.3 Å². The standard InChI is InChI=1S/C12H17NO2S/c1-12(2,3)13-11(15)7-6-9(14)10-5-4-8-16-10/h4-5,8H,6-7H2,1-3H3,(H,13,15). The van der Waals surface area contributed by atoms with Gasteiger partial charge in [0.1, 0.15) is 0 Å². The number of Topliss-reactive ketones (excluding diaryl/α,β-unsaturated/α-hetero) is 1. The van der Waals surface area contributed by atoms with Crippen molar-refractivity contribution in [3.63, 3.8) is 0 Å². The van der Waals surface area contributed by atoms with Crippen LogP contribution in [-0.4, -0.2) is 17.2 Å². The third-order valence-corrected chi connectivity index (χ3v) is 2.80. The first-order valence-electron chi connectivity index (χ1n) is 5.26. The van der Waals surface area contributed by atoms with Crippen LogP contribution in [0.25, 0.3) is 0 Å². The van der Waals surface area contributed by atoms with Crippen LogP contribution in [0.1, 0.15) is 43.3 Å². The van der Waals surface area contributed by atoms with E-state index in [2.05, 4.69) is 5.32 Å². The zero-order valence-electron chi connectivity index (χ0n) is 9.87. The summed E-state index contributed by atoms with van der Waals surface area (Å²) in [4.78, 5) is 23.8. The van der Waals surface area contributed by atoms with Gasteiger partial charge in [-0.15, -0.1) is 11.3 Å². The quantitative estimate of drug-likeness (QED) is 0.821. The molecule has 0 aliphatic carbocycles. The highest BCUT2D eigenvalue weighted by Crippen LogP contribution is 2.12. The van der Waals surface area contributed by atoms with Gasteiger partial charge in [-0.2, -0.15) is 0 Å². The molecule has 1 amide bonds. The van der Waals surface area contributed by atoms with E-state index in [4.69, 9.17) is 0 Å². The molecule has 1 N–H and O–H groups in total. The van der Waals surface area contributed by atoms with Crippen LogP contribution >= 0.6 is 11.3 Å². The molecule has 0 saturated heterocycles. The summed E-state index contributed by atoms with van der Waals surface area (Å²) in [6, 6.07) is 3.63. The number of rotatable bonds is 4. The van der Waals surface area contributed by atoms with Gasteiger partial charge in [0.05, 0.1) is 4.88 Å². The van der Waals surface area contributed by atoms with Crippen LogP contribution in [-0.2, 0) is 4.79 Å². The van der Waals surface area contributed by atoms with Crippen molar-refractivity contribution in [1.82, 2.24) is 5.32 Å². The first-order valence-corrected chi connectivity index (χ1v) is 6.14. The molecule has 0 aliphatic heterocycles. The predicted molar refractivity (Wildman–Crippen MR) is 65.8 cm³/mol. The van der Waals surface area contributed by atoms with E-state index in [-0.39, 0.29) is 30.1 Å². The summed E-state index contributed by atoms with van der Waals surface area (Å²) in [6.45, 7) is 5.77. The highest BCUT2D eigenvalue weighted by molar-refractivity contribution is 7.12. The van der Waals surface area contributed by atoms with Crippen LogP contribution in [0.5, 0.6) is 0 Å². The fourth-order valence-corrected chi connectivity index (χ4v) is 1.96. The summed E-state index contributed by atoms with van der Waals surface area (Å²) in [6.07, 6.45) is 0.538. The van der Waals surface area contributed by atoms with Crippen LogP contribution in [0.3, 0.4) is 0 Å². The summed E-state index contributed by atoms with van der Waals surface area (Å²) in [5.41, 5.74) is -0.233. The van der Waals surface area contributed by atoms with Gasteiger partial charge < -0.3 is 5.32 Å². The highest BCUT2D eigenvalue weighted by Gasteiger charge is 2.15. The fraction of sp³-hybridized carbons (Fsp3) is 0.500. The average Bonchev–Trinajstić information content (AvgIpc) is 2.64. The molecule has 4 heteroatoms. The first-order chi connectivity index (χ1) is 7.38. The summed E-state index contributed by atoms with van der Waals surface area (Å²) in [7, 11) is 0. The monoisotopic (exact) mass is 239 g/mol. The number of thiophene rings is 1. The Bertz CT molecular complexity index is 363. The molecule has 0 atom stereocenters. The predicted octanol–water partition coefficient (Wildman–Crippen LogP) is 2.63. The number of amides is 1. The maximum Gasteiger partial charge on any atom is 0.220 e. The molecule has 1 heterocycles. The molecule has 0 saturated carbocycles. The van der Waals surface area contributed by atoms with Gasteiger partial charge >= 0.3 is 0 Å². The molecule has 0 unspecified atom stereocenters. The van der Waals surface area contributed by atoms with Crippen molar-refractivity contribution in [2.75, 3.05) is 0 Å². The van der Waals surface area contributed by atoms with Crippen molar-refractivity contribution in [3.05, 3.63) is 22.4 Å². The molecular weight excluding hydrogens is 222 g/mol. The van der Waals surface area contributed by atoms with Gasteiger partial charge in [0.2, 0.25) is 5.91 Å². The molecule has 16 heavy (non-hydrogen) atoms. The van der Waals surface area contributed by atoms with Crippen LogP contribution in [0, 0.1) is 0 Å². The summed E-state index contributed by atoms with van der Waals surface area (Å²) >= 11 is 1.41. The zero-order valence-corrected chi connectivity index (χ0v) is 10.7. The van der Waals surface area contributed by atoms with Gasteiger partial charge in [-0.05, 0) is 32.2 Å².